The zero-order chi connectivity index (χ0) is 17.7. The van der Waals surface area contributed by atoms with E-state index < -0.39 is 27.6 Å². The molecule has 2 amide bonds. The van der Waals surface area contributed by atoms with Crippen molar-refractivity contribution in [3.63, 3.8) is 0 Å². The minimum Gasteiger partial charge on any atom is -0.365 e. The van der Waals surface area contributed by atoms with Crippen LogP contribution in [0, 0.1) is 10.1 Å². The molecule has 24 heavy (non-hydrogen) atoms. The monoisotopic (exact) mass is 336 g/mol. The van der Waals surface area contributed by atoms with Gasteiger partial charge in [-0.15, -0.1) is 0 Å². The summed E-state index contributed by atoms with van der Waals surface area (Å²) in [5.41, 5.74) is 3.35. The van der Waals surface area contributed by atoms with Crippen LogP contribution >= 0.6 is 0 Å². The third-order valence-corrected chi connectivity index (χ3v) is 4.06. The lowest BCUT2D eigenvalue weighted by molar-refractivity contribution is -0.385. The predicted octanol–water partition coefficient (Wildman–Crippen LogP) is 0.648. The molecule has 0 spiro atoms. The van der Waals surface area contributed by atoms with Crippen LogP contribution in [0.15, 0.2) is 17.1 Å². The van der Waals surface area contributed by atoms with Gasteiger partial charge in [-0.05, 0) is 12.8 Å². The van der Waals surface area contributed by atoms with Crippen molar-refractivity contribution in [2.75, 3.05) is 13.1 Å². The number of carbonyl (C=O) groups excluding carboxylic acids is 2. The van der Waals surface area contributed by atoms with Gasteiger partial charge < -0.3 is 10.6 Å². The fraction of sp³-hybridized carbons (Fsp3) is 0.533. The lowest BCUT2D eigenvalue weighted by Crippen LogP contribution is -2.39. The molecule has 0 unspecified atom stereocenters. The van der Waals surface area contributed by atoms with E-state index in [-0.39, 0.29) is 12.5 Å². The van der Waals surface area contributed by atoms with E-state index in [4.69, 9.17) is 5.73 Å². The van der Waals surface area contributed by atoms with Crippen LogP contribution in [0.3, 0.4) is 0 Å². The summed E-state index contributed by atoms with van der Waals surface area (Å²) in [5.74, 6) is -1.36. The summed E-state index contributed by atoms with van der Waals surface area (Å²) in [6.45, 7) is 0.858. The molecule has 1 aromatic heterocycles. The van der Waals surface area contributed by atoms with Gasteiger partial charge >= 0.3 is 0 Å². The molecule has 1 aromatic rings. The first kappa shape index (κ1) is 17.6. The molecule has 2 heterocycles. The third kappa shape index (κ3) is 4.18. The molecule has 1 aliphatic heterocycles. The van der Waals surface area contributed by atoms with E-state index >= 15 is 0 Å². The largest absolute Gasteiger partial charge is 0.365 e. The number of hydrogen-bond acceptors (Lipinski definition) is 5. The number of nitrogens with two attached hydrogens (primary N) is 1. The molecule has 2 rings (SSSR count). The number of hydrogen-bond donors (Lipinski definition) is 1. The molecule has 9 heteroatoms. The number of likely N-dealkylation sites (tertiary alicyclic amines) is 1. The first-order chi connectivity index (χ1) is 11.4. The minimum atomic E-state index is -1.06. The summed E-state index contributed by atoms with van der Waals surface area (Å²) in [6, 6.07) is 0.835. The molecule has 130 valence electrons. The number of carbonyl (C=O) groups is 2. The van der Waals surface area contributed by atoms with Crippen LogP contribution in [0.1, 0.15) is 42.5 Å². The highest BCUT2D eigenvalue weighted by molar-refractivity contribution is 5.93. The van der Waals surface area contributed by atoms with Crippen molar-refractivity contribution in [3.05, 3.63) is 38.3 Å². The Balaban J connectivity index is 2.27. The smallest absolute Gasteiger partial charge is 0.286 e. The molecule has 0 bridgehead atoms. The van der Waals surface area contributed by atoms with Crippen LogP contribution in [0.5, 0.6) is 0 Å². The van der Waals surface area contributed by atoms with Crippen molar-refractivity contribution in [1.29, 1.82) is 0 Å². The Morgan fingerprint density at radius 3 is 2.29 bits per heavy atom. The van der Waals surface area contributed by atoms with Crippen molar-refractivity contribution in [2.45, 2.75) is 38.6 Å². The molecular formula is C15H20N4O5. The van der Waals surface area contributed by atoms with Gasteiger partial charge in [-0.2, -0.15) is 0 Å². The van der Waals surface area contributed by atoms with E-state index in [1.807, 2.05) is 0 Å². The maximum Gasteiger partial charge on any atom is 0.286 e. The van der Waals surface area contributed by atoms with Gasteiger partial charge in [0.2, 0.25) is 5.91 Å². The Morgan fingerprint density at radius 2 is 1.75 bits per heavy atom. The van der Waals surface area contributed by atoms with Crippen molar-refractivity contribution in [1.82, 2.24) is 9.47 Å². The second-order valence-electron chi connectivity index (χ2n) is 5.81. The van der Waals surface area contributed by atoms with Crippen LogP contribution in [0.2, 0.25) is 0 Å². The standard InChI is InChI=1S/C15H20N4O5/c16-14(21)12-8-11(19(23)24)9-18(15(12)22)10-13(20)17-6-4-2-1-3-5-7-17/h8-9H,1-7,10H2,(H2,16,21). The van der Waals surface area contributed by atoms with Crippen molar-refractivity contribution >= 4 is 17.5 Å². The summed E-state index contributed by atoms with van der Waals surface area (Å²) in [5, 5.41) is 11.0. The van der Waals surface area contributed by atoms with E-state index in [9.17, 15) is 24.5 Å². The molecule has 0 atom stereocenters. The zero-order valence-electron chi connectivity index (χ0n) is 13.3. The van der Waals surface area contributed by atoms with Gasteiger partial charge in [0.15, 0.2) is 0 Å². The minimum absolute atomic E-state index is 0.296. The topological polar surface area (TPSA) is 129 Å². The quantitative estimate of drug-likeness (QED) is 0.637. The normalized spacial score (nSPS) is 15.4. The van der Waals surface area contributed by atoms with E-state index in [1.54, 1.807) is 4.90 Å². The number of aromatic nitrogens is 1. The van der Waals surface area contributed by atoms with Gasteiger partial charge in [0.1, 0.15) is 12.1 Å². The molecule has 1 aliphatic rings. The highest BCUT2D eigenvalue weighted by Gasteiger charge is 2.21. The fourth-order valence-corrected chi connectivity index (χ4v) is 2.76. The van der Waals surface area contributed by atoms with Crippen molar-refractivity contribution in [2.24, 2.45) is 5.73 Å². The molecule has 0 aliphatic carbocycles. The molecule has 1 saturated heterocycles. The van der Waals surface area contributed by atoms with Gasteiger partial charge in [-0.3, -0.25) is 29.1 Å². The van der Waals surface area contributed by atoms with Crippen LogP contribution in [-0.2, 0) is 11.3 Å². The lowest BCUT2D eigenvalue weighted by Gasteiger charge is -2.25. The Hall–Kier alpha value is -2.71. The highest BCUT2D eigenvalue weighted by Crippen LogP contribution is 2.13. The number of pyridine rings is 1. The van der Waals surface area contributed by atoms with Crippen LogP contribution in [0.4, 0.5) is 5.69 Å². The first-order valence-electron chi connectivity index (χ1n) is 7.86. The number of amides is 2. The SMILES string of the molecule is NC(=O)c1cc([N+](=O)[O-])cn(CC(=O)N2CCCCCCC2)c1=O. The Morgan fingerprint density at radius 1 is 1.17 bits per heavy atom. The van der Waals surface area contributed by atoms with E-state index in [0.717, 1.165) is 48.9 Å². The van der Waals surface area contributed by atoms with E-state index in [2.05, 4.69) is 0 Å². The predicted molar refractivity (Wildman–Crippen MR) is 85.5 cm³/mol. The number of primary amides is 1. The molecule has 2 N–H and O–H groups in total. The third-order valence-electron chi connectivity index (χ3n) is 4.06. The zero-order valence-corrected chi connectivity index (χ0v) is 13.3. The molecule has 0 aromatic carbocycles. The van der Waals surface area contributed by atoms with Gasteiger partial charge in [0.05, 0.1) is 11.1 Å². The Kier molecular flexibility index (Phi) is 5.67. The number of rotatable bonds is 4. The van der Waals surface area contributed by atoms with Gasteiger partial charge in [0, 0.05) is 19.2 Å². The molecule has 0 radical (unpaired) electrons. The average molecular weight is 336 g/mol. The van der Waals surface area contributed by atoms with Crippen molar-refractivity contribution in [3.8, 4) is 0 Å². The maximum absolute atomic E-state index is 12.4. The second kappa shape index (κ2) is 7.71. The van der Waals surface area contributed by atoms with Gasteiger partial charge in [-0.1, -0.05) is 19.3 Å². The van der Waals surface area contributed by atoms with Crippen LogP contribution in [0.25, 0.3) is 0 Å². The number of nitro groups is 1. The average Bonchev–Trinajstić information content (AvgIpc) is 2.48. The number of nitrogens with zero attached hydrogens (tertiary/aromatic N) is 3. The van der Waals surface area contributed by atoms with Crippen LogP contribution < -0.4 is 11.3 Å². The second-order valence-corrected chi connectivity index (χ2v) is 5.81. The first-order valence-corrected chi connectivity index (χ1v) is 7.86. The maximum atomic E-state index is 12.4. The van der Waals surface area contributed by atoms with E-state index in [0.29, 0.717) is 13.1 Å². The fourth-order valence-electron chi connectivity index (χ4n) is 2.76. The molecule has 0 saturated carbocycles. The summed E-state index contributed by atoms with van der Waals surface area (Å²) >= 11 is 0. The molecule has 9 nitrogen and oxygen atoms in total. The molecule has 1 fully saturated rings. The lowest BCUT2D eigenvalue weighted by atomic mass is 10.1. The summed E-state index contributed by atoms with van der Waals surface area (Å²) in [6.07, 6.45) is 5.99. The highest BCUT2D eigenvalue weighted by atomic mass is 16.6. The van der Waals surface area contributed by atoms with Crippen LogP contribution in [-0.4, -0.2) is 39.3 Å². The van der Waals surface area contributed by atoms with E-state index in [1.165, 1.54) is 0 Å². The van der Waals surface area contributed by atoms with Gasteiger partial charge in [0.25, 0.3) is 17.2 Å². The summed E-state index contributed by atoms with van der Waals surface area (Å²) < 4.78 is 0.888. The summed E-state index contributed by atoms with van der Waals surface area (Å²) in [4.78, 5) is 47.8. The molecular weight excluding hydrogens is 316 g/mol. The summed E-state index contributed by atoms with van der Waals surface area (Å²) in [7, 11) is 0. The Labute approximate surface area is 138 Å². The van der Waals surface area contributed by atoms with Crippen molar-refractivity contribution < 1.29 is 14.5 Å². The Bertz CT molecular complexity index is 704. The van der Waals surface area contributed by atoms with Gasteiger partial charge in [-0.25, -0.2) is 0 Å².